The number of amidine groups is 1. The van der Waals surface area contributed by atoms with E-state index >= 15 is 0 Å². The Morgan fingerprint density at radius 2 is 1.49 bits per heavy atom. The number of aliphatic imine (C=N–C) groups is 1. The summed E-state index contributed by atoms with van der Waals surface area (Å²) in [6.07, 6.45) is 10.9. The molecule has 39 heavy (non-hydrogen) atoms. The fourth-order valence-corrected chi connectivity index (χ4v) is 9.02. The minimum absolute atomic E-state index is 0.176. The Balaban J connectivity index is 1.24. The second kappa shape index (κ2) is 13.0. The molecular formula is C31H31N4O2Se2+. The Hall–Kier alpha value is -2.83. The van der Waals surface area contributed by atoms with Gasteiger partial charge in [-0.2, -0.15) is 0 Å². The zero-order valence-electron chi connectivity index (χ0n) is 21.7. The van der Waals surface area contributed by atoms with Gasteiger partial charge in [0.25, 0.3) is 0 Å². The van der Waals surface area contributed by atoms with E-state index in [9.17, 15) is 0 Å². The number of morpholine rings is 2. The predicted molar refractivity (Wildman–Crippen MR) is 160 cm³/mol. The fraction of sp³-hybridized carbons (Fsp3) is 0.258. The van der Waals surface area contributed by atoms with Gasteiger partial charge in [-0.1, -0.05) is 0 Å². The van der Waals surface area contributed by atoms with E-state index in [-0.39, 0.29) is 29.5 Å². The maximum absolute atomic E-state index is 5.56. The molecule has 3 aromatic rings. The first-order chi connectivity index (χ1) is 19.3. The third kappa shape index (κ3) is 6.50. The van der Waals surface area contributed by atoms with Crippen LogP contribution in [0.15, 0.2) is 94.4 Å². The van der Waals surface area contributed by atoms with Crippen molar-refractivity contribution >= 4 is 50.7 Å². The number of ether oxygens (including phenoxy) is 2. The van der Waals surface area contributed by atoms with Crippen LogP contribution in [-0.2, 0) is 9.47 Å². The van der Waals surface area contributed by atoms with Crippen LogP contribution in [0.3, 0.4) is 0 Å². The summed E-state index contributed by atoms with van der Waals surface area (Å²) in [5, 5.41) is 0. The summed E-state index contributed by atoms with van der Waals surface area (Å²) in [7, 11) is 0. The van der Waals surface area contributed by atoms with Gasteiger partial charge in [-0.25, -0.2) is 0 Å². The molecule has 0 unspecified atom stereocenters. The van der Waals surface area contributed by atoms with Gasteiger partial charge in [0.15, 0.2) is 0 Å². The molecule has 6 nitrogen and oxygen atoms in total. The van der Waals surface area contributed by atoms with E-state index in [0.29, 0.717) is 0 Å². The maximum atomic E-state index is 5.56. The predicted octanol–water partition coefficient (Wildman–Crippen LogP) is 3.70. The molecule has 0 N–H and O–H groups in total. The van der Waals surface area contributed by atoms with E-state index in [2.05, 4.69) is 101 Å². The molecule has 0 saturated carbocycles. The molecule has 0 spiro atoms. The van der Waals surface area contributed by atoms with Crippen LogP contribution < -0.4 is 4.90 Å². The number of allylic oxidation sites excluding steroid dienone is 5. The Kier molecular flexibility index (Phi) is 8.81. The molecule has 1 aromatic heterocycles. The molecule has 2 fully saturated rings. The van der Waals surface area contributed by atoms with E-state index in [1.54, 1.807) is 0 Å². The second-order valence-corrected chi connectivity index (χ2v) is 13.5. The van der Waals surface area contributed by atoms with Crippen molar-refractivity contribution in [2.45, 2.75) is 0 Å². The van der Waals surface area contributed by atoms with E-state index in [1.165, 1.54) is 29.5 Å². The zero-order chi connectivity index (χ0) is 26.3. The van der Waals surface area contributed by atoms with Crippen LogP contribution in [0.1, 0.15) is 10.0 Å². The molecule has 6 rings (SSSR count). The van der Waals surface area contributed by atoms with Gasteiger partial charge >= 0.3 is 243 Å². The van der Waals surface area contributed by atoms with Gasteiger partial charge in [-0.3, -0.25) is 0 Å². The molecule has 4 heterocycles. The molecule has 3 aliphatic rings. The quantitative estimate of drug-likeness (QED) is 0.232. The monoisotopic (exact) mass is 651 g/mol. The molecule has 0 aliphatic carbocycles. The molecule has 2 aromatic carbocycles. The standard InChI is InChI=1S/C31H31N4O2Se2/c1-4-10-24(11-5-1)28-26(38-30(32-28)34-16-20-36-21-17-34)14-8-3-9-15-27-29(25-12-6-2-7-13-25)33-31(39-27)35-18-22-37-23-19-35/h1-15H,16-23H2/q+1. The van der Waals surface area contributed by atoms with Gasteiger partial charge in [-0.15, -0.1) is 0 Å². The van der Waals surface area contributed by atoms with Crippen molar-refractivity contribution in [3.63, 3.8) is 0 Å². The number of nitrogens with zero attached hydrogens (tertiary/aromatic N) is 4. The van der Waals surface area contributed by atoms with E-state index in [1.807, 2.05) is 0 Å². The van der Waals surface area contributed by atoms with Crippen molar-refractivity contribution in [2.24, 2.45) is 4.99 Å². The average Bonchev–Trinajstić information content (AvgIpc) is 3.64. The van der Waals surface area contributed by atoms with Gasteiger partial charge in [0.05, 0.1) is 0 Å². The number of benzene rings is 2. The summed E-state index contributed by atoms with van der Waals surface area (Å²) in [5.41, 5.74) is 4.55. The van der Waals surface area contributed by atoms with Crippen LogP contribution in [0, 0.1) is 0 Å². The summed E-state index contributed by atoms with van der Waals surface area (Å²) in [4.78, 5) is 12.6. The minimum atomic E-state index is 0.176. The van der Waals surface area contributed by atoms with Crippen LogP contribution in [-0.4, -0.2) is 102 Å². The van der Waals surface area contributed by atoms with Crippen molar-refractivity contribution in [3.05, 3.63) is 99.4 Å². The first-order valence-corrected chi connectivity index (χ1v) is 16.7. The van der Waals surface area contributed by atoms with Crippen molar-refractivity contribution in [1.29, 1.82) is 0 Å². The first kappa shape index (κ1) is 26.4. The summed E-state index contributed by atoms with van der Waals surface area (Å²) >= 11 is 0.351. The van der Waals surface area contributed by atoms with Crippen molar-refractivity contribution in [2.75, 3.05) is 57.5 Å². The molecule has 0 amide bonds. The van der Waals surface area contributed by atoms with Gasteiger partial charge in [0.1, 0.15) is 0 Å². The van der Waals surface area contributed by atoms with Crippen LogP contribution in [0.25, 0.3) is 17.3 Å². The topological polar surface area (TPSA) is 50.0 Å². The average molecular weight is 650 g/mol. The van der Waals surface area contributed by atoms with Gasteiger partial charge in [0, 0.05) is 0 Å². The van der Waals surface area contributed by atoms with Crippen LogP contribution >= 0.6 is 0 Å². The Labute approximate surface area is 242 Å². The SMILES string of the molecule is C(=C\C=C1\[Se]C(=[N+]2CCOCC2)N=C1c1ccccc1)/C=C/c1[se]c(N2CCOCC2)nc1-c1ccccc1. The molecule has 2 saturated heterocycles. The number of anilines is 1. The molecule has 8 heteroatoms. The van der Waals surface area contributed by atoms with E-state index in [0.717, 1.165) is 64.0 Å². The third-order valence-electron chi connectivity index (χ3n) is 6.66. The third-order valence-corrected chi connectivity index (χ3v) is 11.2. The molecule has 0 radical (unpaired) electrons. The van der Waals surface area contributed by atoms with Crippen LogP contribution in [0.4, 0.5) is 4.69 Å². The Bertz CT molecular complexity index is 1430. The molecular weight excluding hydrogens is 618 g/mol. The van der Waals surface area contributed by atoms with Crippen molar-refractivity contribution in [3.8, 4) is 11.3 Å². The van der Waals surface area contributed by atoms with E-state index in [4.69, 9.17) is 19.5 Å². The van der Waals surface area contributed by atoms with Crippen molar-refractivity contribution in [1.82, 2.24) is 4.98 Å². The van der Waals surface area contributed by atoms with Crippen LogP contribution in [0.2, 0.25) is 0 Å². The van der Waals surface area contributed by atoms with Crippen molar-refractivity contribution < 1.29 is 14.0 Å². The van der Waals surface area contributed by atoms with Gasteiger partial charge in [0.2, 0.25) is 0 Å². The molecule has 0 atom stereocenters. The number of hydrogen-bond donors (Lipinski definition) is 0. The van der Waals surface area contributed by atoms with Gasteiger partial charge in [-0.05, 0) is 0 Å². The Morgan fingerprint density at radius 3 is 2.23 bits per heavy atom. The fourth-order valence-electron chi connectivity index (χ4n) is 4.60. The zero-order valence-corrected chi connectivity index (χ0v) is 25.2. The van der Waals surface area contributed by atoms with Crippen LogP contribution in [0.5, 0.6) is 0 Å². The van der Waals surface area contributed by atoms with E-state index < -0.39 is 0 Å². The number of hydrogen-bond acceptors (Lipinski definition) is 4. The summed E-state index contributed by atoms with van der Waals surface area (Å²) in [6, 6.07) is 21.1. The number of aromatic nitrogens is 1. The normalized spacial score (nSPS) is 19.5. The summed E-state index contributed by atoms with van der Waals surface area (Å²) in [6.45, 7) is 6.79. The Morgan fingerprint density at radius 1 is 0.795 bits per heavy atom. The first-order valence-electron chi connectivity index (χ1n) is 13.3. The number of rotatable bonds is 6. The molecule has 3 aliphatic heterocycles. The van der Waals surface area contributed by atoms with Gasteiger partial charge < -0.3 is 0 Å². The molecule has 0 bridgehead atoms. The molecule has 198 valence electrons. The summed E-state index contributed by atoms with van der Waals surface area (Å²) < 4.78 is 18.5. The summed E-state index contributed by atoms with van der Waals surface area (Å²) in [5.74, 6) is 0. The second-order valence-electron chi connectivity index (χ2n) is 9.26.